The molecule has 0 aliphatic heterocycles. The van der Waals surface area contributed by atoms with Crippen molar-refractivity contribution in [1.29, 1.82) is 0 Å². The Bertz CT molecular complexity index is 1240. The van der Waals surface area contributed by atoms with Gasteiger partial charge in [0.05, 0.1) is 17.2 Å². The minimum absolute atomic E-state index is 0.0356. The number of carbonyl (C=O) groups is 1. The molecule has 2 aromatic heterocycles. The van der Waals surface area contributed by atoms with Crippen LogP contribution < -0.4 is 0 Å². The van der Waals surface area contributed by atoms with Crippen molar-refractivity contribution in [2.45, 2.75) is 47.5 Å². The minimum atomic E-state index is -0.522. The molecule has 0 fully saturated rings. The zero-order chi connectivity index (χ0) is 21.1. The summed E-state index contributed by atoms with van der Waals surface area (Å²) in [4.78, 5) is 12.9. The third-order valence-electron chi connectivity index (χ3n) is 5.42. The van der Waals surface area contributed by atoms with E-state index in [0.29, 0.717) is 0 Å². The number of benzene rings is 2. The van der Waals surface area contributed by atoms with Crippen LogP contribution in [-0.4, -0.2) is 20.3 Å². The summed E-state index contributed by atoms with van der Waals surface area (Å²) in [6.07, 6.45) is 1.74. The van der Waals surface area contributed by atoms with Gasteiger partial charge in [-0.15, -0.1) is 0 Å². The highest BCUT2D eigenvalue weighted by molar-refractivity contribution is 6.02. The van der Waals surface area contributed by atoms with Gasteiger partial charge in [0.1, 0.15) is 5.82 Å². The lowest BCUT2D eigenvalue weighted by molar-refractivity contribution is 0.0755. The highest BCUT2D eigenvalue weighted by Gasteiger charge is 2.26. The number of carbonyl (C=O) groups excluding carboxylic acids is 1. The molecule has 0 aliphatic rings. The van der Waals surface area contributed by atoms with Gasteiger partial charge in [-0.25, -0.2) is 4.39 Å². The summed E-state index contributed by atoms with van der Waals surface area (Å²) in [6.45, 7) is 12.1. The Balaban J connectivity index is 2.05. The van der Waals surface area contributed by atoms with E-state index in [1.165, 1.54) is 22.5 Å². The van der Waals surface area contributed by atoms with Gasteiger partial charge in [0, 0.05) is 27.6 Å². The molecule has 0 N–H and O–H groups in total. The molecule has 4 aromatic rings. The van der Waals surface area contributed by atoms with Gasteiger partial charge in [-0.2, -0.15) is 9.78 Å². The summed E-state index contributed by atoms with van der Waals surface area (Å²) in [7, 11) is 0. The minimum Gasteiger partial charge on any atom is -0.313 e. The summed E-state index contributed by atoms with van der Waals surface area (Å²) in [6, 6.07) is 10.7. The van der Waals surface area contributed by atoms with Crippen LogP contribution in [0.1, 0.15) is 56.6 Å². The van der Waals surface area contributed by atoms with E-state index in [-0.39, 0.29) is 17.6 Å². The second-order valence-corrected chi connectivity index (χ2v) is 9.02. The predicted octanol–water partition coefficient (Wildman–Crippen LogP) is 6.24. The average molecular weight is 391 g/mol. The van der Waals surface area contributed by atoms with Crippen molar-refractivity contribution in [3.05, 3.63) is 59.7 Å². The molecule has 0 saturated heterocycles. The molecule has 4 nitrogen and oxygen atoms in total. The van der Waals surface area contributed by atoms with E-state index in [4.69, 9.17) is 0 Å². The number of fused-ring (bicyclic) bond motifs is 2. The molecule has 5 heteroatoms. The van der Waals surface area contributed by atoms with E-state index in [9.17, 15) is 9.18 Å². The molecule has 2 heterocycles. The standard InChI is InChI=1S/C24H26FN3O/c1-14(2)22-15(3)19-12-20-16(13-26-28(20)23(29)24(4,5)6)11-21(19)27(22)18-9-7-17(25)8-10-18/h7-14H,1-6H3. The molecule has 0 aliphatic carbocycles. The Labute approximate surface area is 169 Å². The van der Waals surface area contributed by atoms with Crippen LogP contribution in [0.4, 0.5) is 4.39 Å². The summed E-state index contributed by atoms with van der Waals surface area (Å²) < 4.78 is 17.2. The molecule has 0 radical (unpaired) electrons. The van der Waals surface area contributed by atoms with Gasteiger partial charge in [0.15, 0.2) is 0 Å². The van der Waals surface area contributed by atoms with Crippen LogP contribution in [0.3, 0.4) is 0 Å². The number of halogens is 1. The van der Waals surface area contributed by atoms with Crippen LogP contribution in [0.25, 0.3) is 27.5 Å². The van der Waals surface area contributed by atoms with Crippen LogP contribution in [0.5, 0.6) is 0 Å². The number of rotatable bonds is 2. The molecular formula is C24H26FN3O. The van der Waals surface area contributed by atoms with Crippen LogP contribution >= 0.6 is 0 Å². The van der Waals surface area contributed by atoms with Crippen LogP contribution in [0.15, 0.2) is 42.6 Å². The SMILES string of the molecule is Cc1c(C(C)C)n(-c2ccc(F)cc2)c2cc3cnn(C(=O)C(C)(C)C)c3cc12. The van der Waals surface area contributed by atoms with Gasteiger partial charge in [0.25, 0.3) is 5.91 Å². The zero-order valence-electron chi connectivity index (χ0n) is 17.7. The normalized spacial score (nSPS) is 12.4. The van der Waals surface area contributed by atoms with Crippen molar-refractivity contribution < 1.29 is 9.18 Å². The van der Waals surface area contributed by atoms with Crippen molar-refractivity contribution >= 4 is 27.7 Å². The van der Waals surface area contributed by atoms with E-state index in [0.717, 1.165) is 33.1 Å². The topological polar surface area (TPSA) is 39.8 Å². The van der Waals surface area contributed by atoms with Crippen LogP contribution in [-0.2, 0) is 0 Å². The molecule has 4 rings (SSSR count). The molecule has 0 bridgehead atoms. The third-order valence-corrected chi connectivity index (χ3v) is 5.42. The molecule has 150 valence electrons. The predicted molar refractivity (Wildman–Crippen MR) is 115 cm³/mol. The monoisotopic (exact) mass is 391 g/mol. The van der Waals surface area contributed by atoms with Gasteiger partial charge in [-0.3, -0.25) is 4.79 Å². The Kier molecular flexibility index (Phi) is 4.37. The van der Waals surface area contributed by atoms with Gasteiger partial charge in [0.2, 0.25) is 0 Å². The molecule has 0 amide bonds. The fraction of sp³-hybridized carbons (Fsp3) is 0.333. The summed E-state index contributed by atoms with van der Waals surface area (Å²) >= 11 is 0. The largest absolute Gasteiger partial charge is 0.313 e. The number of hydrogen-bond acceptors (Lipinski definition) is 2. The van der Waals surface area contributed by atoms with E-state index in [1.807, 2.05) is 20.8 Å². The van der Waals surface area contributed by atoms with Crippen LogP contribution in [0, 0.1) is 18.2 Å². The van der Waals surface area contributed by atoms with Crippen molar-refractivity contribution in [2.24, 2.45) is 5.41 Å². The first-order chi connectivity index (χ1) is 13.6. The lowest BCUT2D eigenvalue weighted by atomic mass is 9.95. The van der Waals surface area contributed by atoms with Crippen molar-refractivity contribution in [3.63, 3.8) is 0 Å². The van der Waals surface area contributed by atoms with Crippen molar-refractivity contribution in [1.82, 2.24) is 14.3 Å². The van der Waals surface area contributed by atoms with Gasteiger partial charge in [-0.1, -0.05) is 34.6 Å². The van der Waals surface area contributed by atoms with E-state index in [1.54, 1.807) is 18.3 Å². The first kappa shape index (κ1) is 19.4. The maximum atomic E-state index is 13.5. The van der Waals surface area contributed by atoms with Gasteiger partial charge >= 0.3 is 0 Å². The number of hydrogen-bond donors (Lipinski definition) is 0. The highest BCUT2D eigenvalue weighted by Crippen LogP contribution is 2.36. The summed E-state index contributed by atoms with van der Waals surface area (Å²) in [5, 5.41) is 6.36. The molecule has 0 atom stereocenters. The Morgan fingerprint density at radius 1 is 1.07 bits per heavy atom. The highest BCUT2D eigenvalue weighted by atomic mass is 19.1. The van der Waals surface area contributed by atoms with Gasteiger partial charge in [-0.05, 0) is 54.8 Å². The van der Waals surface area contributed by atoms with Crippen LogP contribution in [0.2, 0.25) is 0 Å². The molecule has 0 saturated carbocycles. The first-order valence-corrected chi connectivity index (χ1v) is 9.93. The third kappa shape index (κ3) is 3.05. The Morgan fingerprint density at radius 2 is 1.72 bits per heavy atom. The Morgan fingerprint density at radius 3 is 2.31 bits per heavy atom. The zero-order valence-corrected chi connectivity index (χ0v) is 17.7. The fourth-order valence-corrected chi connectivity index (χ4v) is 4.02. The molecule has 0 spiro atoms. The molecule has 29 heavy (non-hydrogen) atoms. The maximum Gasteiger partial charge on any atom is 0.252 e. The van der Waals surface area contributed by atoms with Crippen molar-refractivity contribution in [2.75, 3.05) is 0 Å². The number of aromatic nitrogens is 3. The number of nitrogens with zero attached hydrogens (tertiary/aromatic N) is 3. The van der Waals surface area contributed by atoms with E-state index >= 15 is 0 Å². The molecular weight excluding hydrogens is 365 g/mol. The van der Waals surface area contributed by atoms with Crippen molar-refractivity contribution in [3.8, 4) is 5.69 Å². The molecule has 2 aromatic carbocycles. The maximum absolute atomic E-state index is 13.5. The van der Waals surface area contributed by atoms with E-state index in [2.05, 4.69) is 42.6 Å². The smallest absolute Gasteiger partial charge is 0.252 e. The second kappa shape index (κ2) is 6.55. The number of aryl methyl sites for hydroxylation is 1. The fourth-order valence-electron chi connectivity index (χ4n) is 4.02. The lowest BCUT2D eigenvalue weighted by Crippen LogP contribution is -2.27. The lowest BCUT2D eigenvalue weighted by Gasteiger charge is -2.16. The van der Waals surface area contributed by atoms with E-state index < -0.39 is 5.41 Å². The Hall–Kier alpha value is -2.95. The molecule has 0 unspecified atom stereocenters. The second-order valence-electron chi connectivity index (χ2n) is 9.02. The first-order valence-electron chi connectivity index (χ1n) is 9.93. The average Bonchev–Trinajstić information content (AvgIpc) is 3.18. The quantitative estimate of drug-likeness (QED) is 0.406. The summed E-state index contributed by atoms with van der Waals surface area (Å²) in [5.41, 5.74) is 4.59. The summed E-state index contributed by atoms with van der Waals surface area (Å²) in [5.74, 6) is -0.00721. The van der Waals surface area contributed by atoms with Gasteiger partial charge < -0.3 is 4.57 Å².